The fourth-order valence-electron chi connectivity index (χ4n) is 2.90. The number of halogens is 1. The average molecular weight is 411 g/mol. The summed E-state index contributed by atoms with van der Waals surface area (Å²) in [4.78, 5) is 14.3. The standard InChI is InChI=1S/C22H23FN4OS/c1-4-13-27-21(18-11-7-8-12-19(18)23)24-25-22(27)29-15-20(28)26(3)14-17-10-6-5-9-16(17)2/h4-12H,1,13-15H2,2-3H3. The third-order valence-corrected chi connectivity index (χ3v) is 5.51. The van der Waals surface area contributed by atoms with Gasteiger partial charge in [0, 0.05) is 20.1 Å². The van der Waals surface area contributed by atoms with Crippen molar-refractivity contribution in [1.82, 2.24) is 19.7 Å². The molecule has 3 rings (SSSR count). The minimum atomic E-state index is -0.365. The first kappa shape index (κ1) is 20.8. The summed E-state index contributed by atoms with van der Waals surface area (Å²) in [6.07, 6.45) is 1.70. The van der Waals surface area contributed by atoms with Gasteiger partial charge in [0.2, 0.25) is 5.91 Å². The first-order valence-corrected chi connectivity index (χ1v) is 10.2. The van der Waals surface area contributed by atoms with Crippen LogP contribution in [-0.4, -0.2) is 38.4 Å². The number of benzene rings is 2. The summed E-state index contributed by atoms with van der Waals surface area (Å²) in [5, 5.41) is 8.88. The number of allylic oxidation sites excluding steroid dienone is 1. The summed E-state index contributed by atoms with van der Waals surface area (Å²) in [6, 6.07) is 14.4. The Morgan fingerprint density at radius 2 is 1.93 bits per heavy atom. The molecule has 0 bridgehead atoms. The van der Waals surface area contributed by atoms with Crippen molar-refractivity contribution in [2.24, 2.45) is 0 Å². The molecule has 0 aliphatic heterocycles. The van der Waals surface area contributed by atoms with Crippen LogP contribution < -0.4 is 0 Å². The number of carbonyl (C=O) groups is 1. The number of carbonyl (C=O) groups excluding carboxylic acids is 1. The van der Waals surface area contributed by atoms with E-state index >= 15 is 0 Å². The van der Waals surface area contributed by atoms with Crippen molar-refractivity contribution >= 4 is 17.7 Å². The predicted molar refractivity (Wildman–Crippen MR) is 114 cm³/mol. The van der Waals surface area contributed by atoms with Crippen LogP contribution in [0.15, 0.2) is 66.3 Å². The summed E-state index contributed by atoms with van der Waals surface area (Å²) in [5.41, 5.74) is 2.64. The summed E-state index contributed by atoms with van der Waals surface area (Å²) < 4.78 is 16.0. The lowest BCUT2D eigenvalue weighted by Crippen LogP contribution is -2.28. The normalized spacial score (nSPS) is 10.7. The van der Waals surface area contributed by atoms with Gasteiger partial charge in [-0.3, -0.25) is 9.36 Å². The van der Waals surface area contributed by atoms with E-state index in [4.69, 9.17) is 0 Å². The first-order chi connectivity index (χ1) is 14.0. The zero-order chi connectivity index (χ0) is 20.8. The van der Waals surface area contributed by atoms with Gasteiger partial charge in [-0.15, -0.1) is 16.8 Å². The second kappa shape index (κ2) is 9.52. The van der Waals surface area contributed by atoms with Crippen molar-refractivity contribution in [2.45, 2.75) is 25.2 Å². The van der Waals surface area contributed by atoms with Crippen LogP contribution >= 0.6 is 11.8 Å². The molecule has 0 radical (unpaired) electrons. The molecule has 0 aliphatic carbocycles. The van der Waals surface area contributed by atoms with Crippen LogP contribution in [0.2, 0.25) is 0 Å². The Bertz CT molecular complexity index is 1020. The van der Waals surface area contributed by atoms with E-state index in [0.29, 0.717) is 29.6 Å². The van der Waals surface area contributed by atoms with Crippen LogP contribution in [0.4, 0.5) is 4.39 Å². The Labute approximate surface area is 174 Å². The van der Waals surface area contributed by atoms with Gasteiger partial charge in [-0.2, -0.15) is 0 Å². The predicted octanol–water partition coefficient (Wildman–Crippen LogP) is 4.33. The zero-order valence-electron chi connectivity index (χ0n) is 16.5. The van der Waals surface area contributed by atoms with Crippen molar-refractivity contribution in [1.29, 1.82) is 0 Å². The topological polar surface area (TPSA) is 51.0 Å². The molecule has 5 nitrogen and oxygen atoms in total. The van der Waals surface area contributed by atoms with Crippen LogP contribution in [0.3, 0.4) is 0 Å². The largest absolute Gasteiger partial charge is 0.341 e. The SMILES string of the molecule is C=CCn1c(SCC(=O)N(C)Cc2ccccc2C)nnc1-c1ccccc1F. The van der Waals surface area contributed by atoms with E-state index in [1.165, 1.54) is 17.8 Å². The Balaban J connectivity index is 1.72. The Morgan fingerprint density at radius 1 is 1.21 bits per heavy atom. The number of nitrogens with zero attached hydrogens (tertiary/aromatic N) is 4. The van der Waals surface area contributed by atoms with E-state index in [1.807, 2.05) is 31.2 Å². The number of hydrogen-bond donors (Lipinski definition) is 0. The first-order valence-electron chi connectivity index (χ1n) is 9.21. The lowest BCUT2D eigenvalue weighted by molar-refractivity contribution is -0.127. The van der Waals surface area contributed by atoms with Crippen LogP contribution in [0.5, 0.6) is 0 Å². The summed E-state index contributed by atoms with van der Waals surface area (Å²) in [7, 11) is 1.79. The van der Waals surface area contributed by atoms with E-state index < -0.39 is 0 Å². The van der Waals surface area contributed by atoms with Gasteiger partial charge in [-0.1, -0.05) is 54.2 Å². The smallest absolute Gasteiger partial charge is 0.233 e. The number of amides is 1. The highest BCUT2D eigenvalue weighted by molar-refractivity contribution is 7.99. The van der Waals surface area contributed by atoms with Crippen molar-refractivity contribution in [3.8, 4) is 11.4 Å². The van der Waals surface area contributed by atoms with Gasteiger partial charge in [0.25, 0.3) is 0 Å². The summed E-state index contributed by atoms with van der Waals surface area (Å²) >= 11 is 1.29. The molecule has 0 saturated heterocycles. The number of hydrogen-bond acceptors (Lipinski definition) is 4. The van der Waals surface area contributed by atoms with Crippen LogP contribution in [0.25, 0.3) is 11.4 Å². The van der Waals surface area contributed by atoms with Crippen LogP contribution in [-0.2, 0) is 17.9 Å². The van der Waals surface area contributed by atoms with Crippen LogP contribution in [0, 0.1) is 12.7 Å². The van der Waals surface area contributed by atoms with Gasteiger partial charge in [0.1, 0.15) is 5.82 Å². The van der Waals surface area contributed by atoms with Gasteiger partial charge < -0.3 is 4.90 Å². The summed E-state index contributed by atoms with van der Waals surface area (Å²) in [5.74, 6) is 0.260. The molecule has 1 amide bonds. The van der Waals surface area contributed by atoms with E-state index in [2.05, 4.69) is 16.8 Å². The molecule has 0 spiro atoms. The molecule has 0 fully saturated rings. The molecule has 0 atom stereocenters. The second-order valence-electron chi connectivity index (χ2n) is 6.65. The molecule has 3 aromatic rings. The number of thioether (sulfide) groups is 1. The third kappa shape index (κ3) is 4.92. The molecule has 0 N–H and O–H groups in total. The van der Waals surface area contributed by atoms with Gasteiger partial charge >= 0.3 is 0 Å². The fraction of sp³-hybridized carbons (Fsp3) is 0.227. The fourth-order valence-corrected chi connectivity index (χ4v) is 3.79. The highest BCUT2D eigenvalue weighted by Gasteiger charge is 2.18. The quantitative estimate of drug-likeness (QED) is 0.410. The van der Waals surface area contributed by atoms with E-state index in [9.17, 15) is 9.18 Å². The lowest BCUT2D eigenvalue weighted by Gasteiger charge is -2.18. The van der Waals surface area contributed by atoms with Crippen molar-refractivity contribution in [2.75, 3.05) is 12.8 Å². The molecule has 0 aliphatic rings. The highest BCUT2D eigenvalue weighted by atomic mass is 32.2. The van der Waals surface area contributed by atoms with Crippen molar-refractivity contribution in [3.63, 3.8) is 0 Å². The van der Waals surface area contributed by atoms with Crippen molar-refractivity contribution < 1.29 is 9.18 Å². The maximum absolute atomic E-state index is 14.2. The molecule has 29 heavy (non-hydrogen) atoms. The Kier molecular flexibility index (Phi) is 6.82. The molecule has 2 aromatic carbocycles. The molecule has 0 saturated carbocycles. The van der Waals surface area contributed by atoms with E-state index in [0.717, 1.165) is 11.1 Å². The third-order valence-electron chi connectivity index (χ3n) is 4.56. The molecule has 0 unspecified atom stereocenters. The minimum Gasteiger partial charge on any atom is -0.341 e. The van der Waals surface area contributed by atoms with Gasteiger partial charge in [0.15, 0.2) is 11.0 Å². The maximum Gasteiger partial charge on any atom is 0.233 e. The zero-order valence-corrected chi connectivity index (χ0v) is 17.3. The van der Waals surface area contributed by atoms with Gasteiger partial charge in [-0.25, -0.2) is 4.39 Å². The number of aromatic nitrogens is 3. The summed E-state index contributed by atoms with van der Waals surface area (Å²) in [6.45, 7) is 6.76. The molecular formula is C22H23FN4OS. The number of aryl methyl sites for hydroxylation is 1. The van der Waals surface area contributed by atoms with Gasteiger partial charge in [0.05, 0.1) is 11.3 Å². The molecule has 1 heterocycles. The highest BCUT2D eigenvalue weighted by Crippen LogP contribution is 2.26. The van der Waals surface area contributed by atoms with Crippen LogP contribution in [0.1, 0.15) is 11.1 Å². The molecule has 1 aromatic heterocycles. The minimum absolute atomic E-state index is 0.0150. The lowest BCUT2D eigenvalue weighted by atomic mass is 10.1. The molecule has 150 valence electrons. The van der Waals surface area contributed by atoms with Crippen molar-refractivity contribution in [3.05, 3.63) is 78.1 Å². The Morgan fingerprint density at radius 3 is 2.66 bits per heavy atom. The second-order valence-corrected chi connectivity index (χ2v) is 7.59. The number of rotatable bonds is 8. The van der Waals surface area contributed by atoms with E-state index in [-0.39, 0.29) is 17.5 Å². The van der Waals surface area contributed by atoms with Gasteiger partial charge in [-0.05, 0) is 30.2 Å². The average Bonchev–Trinajstić information content (AvgIpc) is 3.11. The Hall–Kier alpha value is -2.93. The monoisotopic (exact) mass is 410 g/mol. The molecular weight excluding hydrogens is 387 g/mol. The molecule has 7 heteroatoms. The maximum atomic E-state index is 14.2. The van der Waals surface area contributed by atoms with E-state index in [1.54, 1.807) is 40.8 Å².